The van der Waals surface area contributed by atoms with Crippen molar-refractivity contribution in [3.05, 3.63) is 23.8 Å². The topological polar surface area (TPSA) is 41.1 Å². The number of hydrogen-bond acceptors (Lipinski definition) is 2. The van der Waals surface area contributed by atoms with Gasteiger partial charge in [0.2, 0.25) is 5.91 Å². The first-order chi connectivity index (χ1) is 9.11. The van der Waals surface area contributed by atoms with Crippen LogP contribution < -0.4 is 10.6 Å². The number of anilines is 2. The Morgan fingerprint density at radius 2 is 2.11 bits per heavy atom. The lowest BCUT2D eigenvalue weighted by Gasteiger charge is -2.24. The third-order valence-electron chi connectivity index (χ3n) is 4.63. The lowest BCUT2D eigenvalue weighted by atomic mass is 9.95. The Labute approximate surface area is 114 Å². The second kappa shape index (κ2) is 4.87. The highest BCUT2D eigenvalue weighted by Crippen LogP contribution is 2.45. The van der Waals surface area contributed by atoms with E-state index >= 15 is 0 Å². The van der Waals surface area contributed by atoms with Gasteiger partial charge in [-0.15, -0.1) is 0 Å². The van der Waals surface area contributed by atoms with Crippen molar-refractivity contribution in [1.82, 2.24) is 0 Å². The van der Waals surface area contributed by atoms with Gasteiger partial charge in [0.25, 0.3) is 0 Å². The number of carbonyl (C=O) groups is 1. The van der Waals surface area contributed by atoms with Crippen molar-refractivity contribution in [2.75, 3.05) is 10.6 Å². The Morgan fingerprint density at radius 3 is 2.68 bits per heavy atom. The molecule has 0 aliphatic heterocycles. The van der Waals surface area contributed by atoms with Gasteiger partial charge in [-0.2, -0.15) is 0 Å². The summed E-state index contributed by atoms with van der Waals surface area (Å²) in [5.41, 5.74) is 3.21. The van der Waals surface area contributed by atoms with Crippen LogP contribution in [0.15, 0.2) is 18.2 Å². The highest BCUT2D eigenvalue weighted by Gasteiger charge is 2.39. The predicted molar refractivity (Wildman–Crippen MR) is 78.3 cm³/mol. The number of nitrogens with one attached hydrogen (secondary N) is 2. The molecule has 3 atom stereocenters. The number of carbonyl (C=O) groups excluding carboxylic acids is 1. The maximum Gasteiger partial charge on any atom is 0.221 e. The average molecular weight is 258 g/mol. The standard InChI is InChI=1S/C16H22N2O/c1-10-7-14(5-6-15(10)17-11(2)19)18-16-9-12-3-4-13(16)8-12/h5-7,12-13,16,18H,3-4,8-9H2,1-2H3,(H,17,19). The Kier molecular flexibility index (Phi) is 3.21. The monoisotopic (exact) mass is 258 g/mol. The average Bonchev–Trinajstić information content (AvgIpc) is 2.94. The summed E-state index contributed by atoms with van der Waals surface area (Å²) in [6, 6.07) is 6.86. The van der Waals surface area contributed by atoms with Gasteiger partial charge >= 0.3 is 0 Å². The molecule has 3 nitrogen and oxygen atoms in total. The van der Waals surface area contributed by atoms with E-state index in [1.54, 1.807) is 6.92 Å². The van der Waals surface area contributed by atoms with Gasteiger partial charge in [-0.3, -0.25) is 4.79 Å². The minimum absolute atomic E-state index is 0.0167. The van der Waals surface area contributed by atoms with Crippen LogP contribution in [-0.2, 0) is 4.79 Å². The van der Waals surface area contributed by atoms with Gasteiger partial charge in [0.05, 0.1) is 0 Å². The summed E-state index contributed by atoms with van der Waals surface area (Å²) in [5, 5.41) is 6.54. The number of rotatable bonds is 3. The van der Waals surface area contributed by atoms with Gasteiger partial charge in [0.15, 0.2) is 0 Å². The van der Waals surface area contributed by atoms with Gasteiger partial charge in [-0.05, 0) is 61.8 Å². The van der Waals surface area contributed by atoms with Crippen molar-refractivity contribution in [2.24, 2.45) is 11.8 Å². The van der Waals surface area contributed by atoms with Gasteiger partial charge in [0, 0.05) is 24.3 Å². The Bertz CT molecular complexity index is 498. The van der Waals surface area contributed by atoms with Gasteiger partial charge in [0.1, 0.15) is 0 Å². The Morgan fingerprint density at radius 1 is 1.26 bits per heavy atom. The molecule has 2 bridgehead atoms. The first-order valence-electron chi connectivity index (χ1n) is 7.26. The van der Waals surface area contributed by atoms with E-state index in [2.05, 4.69) is 22.8 Å². The van der Waals surface area contributed by atoms with Crippen LogP contribution in [0.1, 0.15) is 38.2 Å². The van der Waals surface area contributed by atoms with Gasteiger partial charge < -0.3 is 10.6 Å². The van der Waals surface area contributed by atoms with Crippen molar-refractivity contribution in [3.8, 4) is 0 Å². The fourth-order valence-electron chi connectivity index (χ4n) is 3.72. The first kappa shape index (κ1) is 12.5. The van der Waals surface area contributed by atoms with E-state index in [4.69, 9.17) is 0 Å². The Hall–Kier alpha value is -1.51. The lowest BCUT2D eigenvalue weighted by molar-refractivity contribution is -0.114. The molecule has 2 aliphatic rings. The highest BCUT2D eigenvalue weighted by atomic mass is 16.1. The molecule has 0 heterocycles. The zero-order chi connectivity index (χ0) is 13.4. The highest BCUT2D eigenvalue weighted by molar-refractivity contribution is 5.89. The number of hydrogen-bond donors (Lipinski definition) is 2. The van der Waals surface area contributed by atoms with Gasteiger partial charge in [-0.1, -0.05) is 6.42 Å². The molecule has 2 saturated carbocycles. The lowest BCUT2D eigenvalue weighted by Crippen LogP contribution is -2.25. The smallest absolute Gasteiger partial charge is 0.221 e. The SMILES string of the molecule is CC(=O)Nc1ccc(NC2CC3CCC2C3)cc1C. The third-order valence-corrected chi connectivity index (χ3v) is 4.63. The molecule has 3 heteroatoms. The summed E-state index contributed by atoms with van der Waals surface area (Å²) in [6.45, 7) is 3.58. The molecule has 19 heavy (non-hydrogen) atoms. The molecule has 1 aromatic carbocycles. The molecule has 3 unspecified atom stereocenters. The van der Waals surface area contributed by atoms with E-state index < -0.39 is 0 Å². The normalized spacial score (nSPS) is 28.4. The van der Waals surface area contributed by atoms with Crippen LogP contribution >= 0.6 is 0 Å². The summed E-state index contributed by atoms with van der Waals surface area (Å²) in [6.07, 6.45) is 5.58. The van der Waals surface area contributed by atoms with E-state index in [0.29, 0.717) is 6.04 Å². The first-order valence-corrected chi connectivity index (χ1v) is 7.26. The number of fused-ring (bicyclic) bond motifs is 2. The van der Waals surface area contributed by atoms with Crippen LogP contribution in [0.4, 0.5) is 11.4 Å². The molecular formula is C16H22N2O. The van der Waals surface area contributed by atoms with Crippen LogP contribution in [0, 0.1) is 18.8 Å². The summed E-state index contributed by atoms with van der Waals surface area (Å²) in [5.74, 6) is 1.82. The molecule has 2 fully saturated rings. The van der Waals surface area contributed by atoms with Crippen LogP contribution in [-0.4, -0.2) is 11.9 Å². The molecule has 1 aromatic rings. The van der Waals surface area contributed by atoms with E-state index in [0.717, 1.165) is 23.1 Å². The fourth-order valence-corrected chi connectivity index (χ4v) is 3.72. The third kappa shape index (κ3) is 2.60. The molecule has 2 N–H and O–H groups in total. The molecule has 2 aliphatic carbocycles. The molecular weight excluding hydrogens is 236 g/mol. The molecule has 102 valence electrons. The van der Waals surface area contributed by atoms with Crippen LogP contribution in [0.3, 0.4) is 0 Å². The van der Waals surface area contributed by atoms with E-state index in [9.17, 15) is 4.79 Å². The second-order valence-corrected chi connectivity index (χ2v) is 6.14. The molecule has 0 saturated heterocycles. The van der Waals surface area contributed by atoms with Crippen LogP contribution in [0.5, 0.6) is 0 Å². The summed E-state index contributed by atoms with van der Waals surface area (Å²) >= 11 is 0. The van der Waals surface area contributed by atoms with E-state index in [1.165, 1.54) is 31.4 Å². The van der Waals surface area contributed by atoms with Crippen molar-refractivity contribution in [1.29, 1.82) is 0 Å². The summed E-state index contributed by atoms with van der Waals surface area (Å²) < 4.78 is 0. The molecule has 3 rings (SSSR count). The Balaban J connectivity index is 1.68. The van der Waals surface area contributed by atoms with Crippen molar-refractivity contribution >= 4 is 17.3 Å². The summed E-state index contributed by atoms with van der Waals surface area (Å²) in [7, 11) is 0. The summed E-state index contributed by atoms with van der Waals surface area (Å²) in [4.78, 5) is 11.1. The van der Waals surface area contributed by atoms with Crippen molar-refractivity contribution in [2.45, 2.75) is 45.6 Å². The minimum Gasteiger partial charge on any atom is -0.382 e. The quantitative estimate of drug-likeness (QED) is 0.870. The minimum atomic E-state index is -0.0167. The largest absolute Gasteiger partial charge is 0.382 e. The van der Waals surface area contributed by atoms with Gasteiger partial charge in [-0.25, -0.2) is 0 Å². The van der Waals surface area contributed by atoms with Crippen LogP contribution in [0.2, 0.25) is 0 Å². The number of aryl methyl sites for hydroxylation is 1. The van der Waals surface area contributed by atoms with Crippen molar-refractivity contribution in [3.63, 3.8) is 0 Å². The predicted octanol–water partition coefficient (Wildman–Crippen LogP) is 3.55. The second-order valence-electron chi connectivity index (χ2n) is 6.14. The molecule has 0 aromatic heterocycles. The zero-order valence-corrected chi connectivity index (χ0v) is 11.7. The van der Waals surface area contributed by atoms with E-state index in [1.807, 2.05) is 13.0 Å². The molecule has 0 radical (unpaired) electrons. The van der Waals surface area contributed by atoms with Crippen LogP contribution in [0.25, 0.3) is 0 Å². The maximum absolute atomic E-state index is 11.1. The zero-order valence-electron chi connectivity index (χ0n) is 11.7. The fraction of sp³-hybridized carbons (Fsp3) is 0.562. The number of benzene rings is 1. The molecule has 1 amide bonds. The molecule has 0 spiro atoms. The number of amides is 1. The maximum atomic E-state index is 11.1. The van der Waals surface area contributed by atoms with E-state index in [-0.39, 0.29) is 5.91 Å². The van der Waals surface area contributed by atoms with Crippen molar-refractivity contribution < 1.29 is 4.79 Å².